The maximum absolute atomic E-state index is 13.8. The summed E-state index contributed by atoms with van der Waals surface area (Å²) in [6.07, 6.45) is -0.877. The first-order valence-corrected chi connectivity index (χ1v) is 16.9. The molecule has 0 unspecified atom stereocenters. The number of rotatable bonds is 10. The van der Waals surface area contributed by atoms with E-state index in [9.17, 15) is 22.8 Å². The van der Waals surface area contributed by atoms with Crippen LogP contribution in [0, 0.1) is 20.8 Å². The molecule has 3 aliphatic rings. The fraction of sp³-hybridized carbons (Fsp3) is 0.657. The second-order valence-electron chi connectivity index (χ2n) is 13.7. The number of nitrogens with one attached hydrogen (secondary N) is 2. The molecule has 2 saturated heterocycles. The van der Waals surface area contributed by atoms with Crippen molar-refractivity contribution in [1.82, 2.24) is 20.1 Å². The van der Waals surface area contributed by atoms with Gasteiger partial charge in [-0.05, 0) is 77.6 Å². The Morgan fingerprint density at radius 2 is 1.74 bits per heavy atom. The molecule has 0 bridgehead atoms. The molecule has 5 rings (SSSR count). The molecule has 2 aromatic rings. The minimum Gasteiger partial charge on any atom is -0.490 e. The summed E-state index contributed by atoms with van der Waals surface area (Å²) in [5, 5.41) is 2.95. The number of carbonyl (C=O) groups excluding carboxylic acids is 1. The summed E-state index contributed by atoms with van der Waals surface area (Å²) < 4.78 is 51.6. The fourth-order valence-corrected chi connectivity index (χ4v) is 7.55. The van der Waals surface area contributed by atoms with Crippen LogP contribution in [0.4, 0.5) is 18.9 Å². The molecule has 2 atom stereocenters. The number of benzene rings is 1. The largest absolute Gasteiger partial charge is 0.490 e. The first kappa shape index (κ1) is 35.2. The Labute approximate surface area is 275 Å². The highest BCUT2D eigenvalue weighted by Crippen LogP contribution is 2.37. The van der Waals surface area contributed by atoms with Gasteiger partial charge in [0.25, 0.3) is 11.5 Å². The minimum absolute atomic E-state index is 0.00868. The van der Waals surface area contributed by atoms with Crippen molar-refractivity contribution in [2.24, 2.45) is 0 Å². The number of pyridine rings is 1. The van der Waals surface area contributed by atoms with Crippen LogP contribution in [0.25, 0.3) is 0 Å². The number of hydrogen-bond acceptors (Lipinski definition) is 7. The molecule has 1 aliphatic carbocycles. The smallest absolute Gasteiger partial charge is 0.401 e. The molecule has 1 aromatic heterocycles. The summed E-state index contributed by atoms with van der Waals surface area (Å²) in [5.74, 6) is 0.285. The molecule has 2 aliphatic heterocycles. The fourth-order valence-electron chi connectivity index (χ4n) is 7.55. The number of morpholine rings is 1. The molecule has 1 aromatic carbocycles. The van der Waals surface area contributed by atoms with Crippen molar-refractivity contribution in [2.75, 3.05) is 44.2 Å². The predicted molar refractivity (Wildman–Crippen MR) is 176 cm³/mol. The zero-order valence-corrected chi connectivity index (χ0v) is 28.5. The molecule has 1 saturated carbocycles. The molecule has 0 spiro atoms. The van der Waals surface area contributed by atoms with Crippen LogP contribution in [-0.4, -0.2) is 96.5 Å². The molecule has 0 radical (unpaired) electrons. The number of amides is 1. The third-order valence-corrected chi connectivity index (χ3v) is 9.91. The van der Waals surface area contributed by atoms with Gasteiger partial charge >= 0.3 is 6.18 Å². The van der Waals surface area contributed by atoms with E-state index in [-0.39, 0.29) is 42.4 Å². The average molecular weight is 662 g/mol. The Kier molecular flexibility index (Phi) is 10.9. The number of aromatic amines is 1. The van der Waals surface area contributed by atoms with Crippen molar-refractivity contribution in [2.45, 2.75) is 110 Å². The van der Waals surface area contributed by atoms with Gasteiger partial charge in [-0.25, -0.2) is 0 Å². The predicted octanol–water partition coefficient (Wildman–Crippen LogP) is 5.10. The molecule has 12 heteroatoms. The van der Waals surface area contributed by atoms with Gasteiger partial charge in [0.2, 0.25) is 0 Å². The van der Waals surface area contributed by atoms with Crippen LogP contribution in [0.15, 0.2) is 23.0 Å². The molecule has 3 heterocycles. The van der Waals surface area contributed by atoms with Crippen LogP contribution < -0.4 is 20.5 Å². The lowest BCUT2D eigenvalue weighted by molar-refractivity contribution is -0.147. The molecule has 9 nitrogen and oxygen atoms in total. The van der Waals surface area contributed by atoms with E-state index in [1.54, 1.807) is 6.07 Å². The van der Waals surface area contributed by atoms with Gasteiger partial charge in [0.1, 0.15) is 11.9 Å². The van der Waals surface area contributed by atoms with Gasteiger partial charge in [-0.1, -0.05) is 0 Å². The standard InChI is InChI=1S/C35H50F3N5O4/c1-7-43(26-8-10-41(11-9-26)20-35(36,37)38)32-16-29(47-28-13-27(14-28)42-18-23(4)46-24(5)19-42)15-30(25(32)6)33(44)39-17-31-21(2)12-22(3)40-34(31)45/h12,15-16,23-24,26-28H,7-11,13-14,17-20H2,1-6H3,(H,39,44)(H,40,45)/t23-,24+,27?,28?. The number of halogens is 3. The van der Waals surface area contributed by atoms with Gasteiger partial charge in [-0.15, -0.1) is 0 Å². The quantitative estimate of drug-likeness (QED) is 0.366. The topological polar surface area (TPSA) is 90.1 Å². The molecule has 3 fully saturated rings. The summed E-state index contributed by atoms with van der Waals surface area (Å²) >= 11 is 0. The number of aryl methyl sites for hydroxylation is 2. The lowest BCUT2D eigenvalue weighted by atomic mass is 9.87. The van der Waals surface area contributed by atoms with E-state index >= 15 is 0 Å². The monoisotopic (exact) mass is 661 g/mol. The summed E-state index contributed by atoms with van der Waals surface area (Å²) in [7, 11) is 0. The van der Waals surface area contributed by atoms with Gasteiger partial charge in [-0.2, -0.15) is 13.2 Å². The van der Waals surface area contributed by atoms with Crippen molar-refractivity contribution < 1.29 is 27.4 Å². The number of carbonyl (C=O) groups is 1. The van der Waals surface area contributed by atoms with E-state index in [1.807, 2.05) is 39.8 Å². The van der Waals surface area contributed by atoms with E-state index in [2.05, 4.69) is 33.9 Å². The second-order valence-corrected chi connectivity index (χ2v) is 13.7. The number of piperidine rings is 1. The van der Waals surface area contributed by atoms with E-state index < -0.39 is 12.7 Å². The summed E-state index contributed by atoms with van der Waals surface area (Å²) in [6, 6.07) is 6.10. The number of aromatic nitrogens is 1. The Balaban J connectivity index is 1.36. The molecule has 260 valence electrons. The van der Waals surface area contributed by atoms with Crippen LogP contribution in [0.1, 0.15) is 79.2 Å². The number of hydrogen-bond donors (Lipinski definition) is 2. The maximum Gasteiger partial charge on any atom is 0.401 e. The highest BCUT2D eigenvalue weighted by Gasteiger charge is 2.39. The number of H-pyrrole nitrogens is 1. The van der Waals surface area contributed by atoms with Crippen molar-refractivity contribution >= 4 is 11.6 Å². The Bertz CT molecular complexity index is 1460. The number of likely N-dealkylation sites (tertiary alicyclic amines) is 1. The van der Waals surface area contributed by atoms with Gasteiger partial charge < -0.3 is 24.7 Å². The summed E-state index contributed by atoms with van der Waals surface area (Å²) in [4.78, 5) is 35.3. The molecular formula is C35H50F3N5O4. The van der Waals surface area contributed by atoms with E-state index in [0.717, 1.165) is 48.4 Å². The zero-order chi connectivity index (χ0) is 34.0. The average Bonchev–Trinajstić information content (AvgIpc) is 2.95. The van der Waals surface area contributed by atoms with Crippen molar-refractivity contribution in [3.8, 4) is 5.75 Å². The van der Waals surface area contributed by atoms with Crippen molar-refractivity contribution in [3.05, 3.63) is 56.5 Å². The van der Waals surface area contributed by atoms with Gasteiger partial charge in [0, 0.05) is 92.8 Å². The molecular weight excluding hydrogens is 611 g/mol. The summed E-state index contributed by atoms with van der Waals surface area (Å²) in [6.45, 7) is 14.1. The van der Waals surface area contributed by atoms with Crippen LogP contribution in [0.5, 0.6) is 5.75 Å². The lowest BCUT2D eigenvalue weighted by Crippen LogP contribution is -2.56. The first-order valence-electron chi connectivity index (χ1n) is 16.9. The molecule has 47 heavy (non-hydrogen) atoms. The van der Waals surface area contributed by atoms with Gasteiger partial charge in [0.15, 0.2) is 0 Å². The SMILES string of the molecule is CCN(c1cc(OC2CC(N3C[C@@H](C)O[C@@H](C)C3)C2)cc(C(=O)NCc2c(C)cc(C)[nH]c2=O)c1C)C1CCN(CC(F)(F)F)CC1. The molecule has 2 N–H and O–H groups in total. The Morgan fingerprint density at radius 3 is 2.34 bits per heavy atom. The normalized spacial score (nSPS) is 24.5. The number of anilines is 1. The lowest BCUT2D eigenvalue weighted by Gasteiger charge is -2.47. The Hall–Kier alpha value is -3.09. The van der Waals surface area contributed by atoms with E-state index in [0.29, 0.717) is 55.4 Å². The number of ether oxygens (including phenoxy) is 2. The van der Waals surface area contributed by atoms with Crippen LogP contribution in [0.2, 0.25) is 0 Å². The van der Waals surface area contributed by atoms with Crippen molar-refractivity contribution in [3.63, 3.8) is 0 Å². The highest BCUT2D eigenvalue weighted by atomic mass is 19.4. The Morgan fingerprint density at radius 1 is 1.09 bits per heavy atom. The third kappa shape index (κ3) is 8.69. The van der Waals surface area contributed by atoms with E-state index in [1.165, 1.54) is 4.90 Å². The third-order valence-electron chi connectivity index (χ3n) is 9.91. The molecule has 1 amide bonds. The number of nitrogens with zero attached hydrogens (tertiary/aromatic N) is 3. The van der Waals surface area contributed by atoms with Gasteiger partial charge in [0.05, 0.1) is 18.8 Å². The zero-order valence-electron chi connectivity index (χ0n) is 28.5. The maximum atomic E-state index is 13.8. The van der Waals surface area contributed by atoms with Crippen LogP contribution in [0.3, 0.4) is 0 Å². The second kappa shape index (κ2) is 14.6. The summed E-state index contributed by atoms with van der Waals surface area (Å²) in [5.41, 5.74) is 3.91. The van der Waals surface area contributed by atoms with Gasteiger partial charge in [-0.3, -0.25) is 19.4 Å². The minimum atomic E-state index is -4.22. The first-order chi connectivity index (χ1) is 22.2. The van der Waals surface area contributed by atoms with Crippen molar-refractivity contribution in [1.29, 1.82) is 0 Å². The van der Waals surface area contributed by atoms with E-state index in [4.69, 9.17) is 9.47 Å². The number of alkyl halides is 3. The van der Waals surface area contributed by atoms with Crippen LogP contribution in [-0.2, 0) is 11.3 Å². The highest BCUT2D eigenvalue weighted by molar-refractivity contribution is 5.97. The van der Waals surface area contributed by atoms with Crippen LogP contribution >= 0.6 is 0 Å².